The number of benzene rings is 2. The Morgan fingerprint density at radius 1 is 1.13 bits per heavy atom. The van der Waals surface area contributed by atoms with E-state index in [2.05, 4.69) is 0 Å². The summed E-state index contributed by atoms with van der Waals surface area (Å²) in [6.07, 6.45) is 1.48. The standard InChI is InChI=1S/C18H19NO4/c19-18-13-5-1-2-6-15(13)23-16-11-12(8-9-14(16)18)22-10-4-3-7-17(20)21/h1-2,5-6,8-9,11,18H,3-4,7,10,19H2,(H,20,21). The van der Waals surface area contributed by atoms with Gasteiger partial charge in [-0.25, -0.2) is 0 Å². The molecule has 2 aromatic rings. The zero-order valence-corrected chi connectivity index (χ0v) is 12.7. The van der Waals surface area contributed by atoms with Gasteiger partial charge in [0, 0.05) is 23.6 Å². The quantitative estimate of drug-likeness (QED) is 0.798. The van der Waals surface area contributed by atoms with Crippen molar-refractivity contribution in [1.82, 2.24) is 0 Å². The number of unbranched alkanes of at least 4 members (excludes halogenated alkanes) is 1. The Bertz CT molecular complexity index is 714. The predicted molar refractivity (Wildman–Crippen MR) is 86.0 cm³/mol. The number of carbonyl (C=O) groups is 1. The van der Waals surface area contributed by atoms with Gasteiger partial charge in [-0.2, -0.15) is 0 Å². The molecule has 2 aromatic carbocycles. The first kappa shape index (κ1) is 15.4. The molecule has 0 radical (unpaired) electrons. The first-order valence-corrected chi connectivity index (χ1v) is 7.66. The summed E-state index contributed by atoms with van der Waals surface area (Å²) in [5.74, 6) is 1.40. The molecule has 0 aliphatic carbocycles. The predicted octanol–water partition coefficient (Wildman–Crippen LogP) is 3.47. The van der Waals surface area contributed by atoms with Crippen molar-refractivity contribution in [3.63, 3.8) is 0 Å². The van der Waals surface area contributed by atoms with E-state index in [1.807, 2.05) is 42.5 Å². The topological polar surface area (TPSA) is 81.8 Å². The maximum absolute atomic E-state index is 10.5. The Hall–Kier alpha value is -2.53. The average molecular weight is 313 g/mol. The minimum absolute atomic E-state index is 0.169. The van der Waals surface area contributed by atoms with Crippen molar-refractivity contribution < 1.29 is 19.4 Å². The van der Waals surface area contributed by atoms with Gasteiger partial charge >= 0.3 is 5.97 Å². The highest BCUT2D eigenvalue weighted by molar-refractivity contribution is 5.66. The van der Waals surface area contributed by atoms with E-state index in [1.165, 1.54) is 0 Å². The van der Waals surface area contributed by atoms with Gasteiger partial charge in [-0.05, 0) is 31.0 Å². The lowest BCUT2D eigenvalue weighted by molar-refractivity contribution is -0.137. The van der Waals surface area contributed by atoms with Crippen LogP contribution in [0, 0.1) is 0 Å². The van der Waals surface area contributed by atoms with Crippen molar-refractivity contribution in [3.05, 3.63) is 53.6 Å². The zero-order chi connectivity index (χ0) is 16.2. The summed E-state index contributed by atoms with van der Waals surface area (Å²) in [5, 5.41) is 8.60. The van der Waals surface area contributed by atoms with Crippen LogP contribution in [0.1, 0.15) is 36.4 Å². The van der Waals surface area contributed by atoms with Crippen molar-refractivity contribution in [3.8, 4) is 17.2 Å². The second kappa shape index (κ2) is 6.71. The minimum atomic E-state index is -0.778. The number of carboxylic acids is 1. The third-order valence-electron chi connectivity index (χ3n) is 3.85. The monoisotopic (exact) mass is 313 g/mol. The summed E-state index contributed by atoms with van der Waals surface area (Å²) >= 11 is 0. The van der Waals surface area contributed by atoms with Gasteiger partial charge in [0.05, 0.1) is 12.6 Å². The number of fused-ring (bicyclic) bond motifs is 2. The van der Waals surface area contributed by atoms with Crippen LogP contribution in [0.3, 0.4) is 0 Å². The lowest BCUT2D eigenvalue weighted by Gasteiger charge is -2.25. The molecule has 120 valence electrons. The summed E-state index contributed by atoms with van der Waals surface area (Å²) < 4.78 is 11.6. The van der Waals surface area contributed by atoms with Crippen molar-refractivity contribution in [1.29, 1.82) is 0 Å². The van der Waals surface area contributed by atoms with Crippen molar-refractivity contribution >= 4 is 5.97 Å². The molecule has 0 saturated heterocycles. The summed E-state index contributed by atoms with van der Waals surface area (Å²) in [4.78, 5) is 10.5. The second-order valence-corrected chi connectivity index (χ2v) is 5.52. The Labute approximate surface area is 134 Å². The van der Waals surface area contributed by atoms with Gasteiger partial charge in [-0.3, -0.25) is 4.79 Å². The molecule has 3 rings (SSSR count). The SMILES string of the molecule is NC1c2ccccc2Oc2cc(OCCCCC(=O)O)ccc21. The van der Waals surface area contributed by atoms with Crippen LogP contribution < -0.4 is 15.2 Å². The number of hydrogen-bond acceptors (Lipinski definition) is 4. The van der Waals surface area contributed by atoms with Gasteiger partial charge in [0.2, 0.25) is 0 Å². The van der Waals surface area contributed by atoms with Crippen LogP contribution in [0.2, 0.25) is 0 Å². The lowest BCUT2D eigenvalue weighted by Crippen LogP contribution is -2.17. The molecule has 1 unspecified atom stereocenters. The van der Waals surface area contributed by atoms with E-state index in [1.54, 1.807) is 0 Å². The van der Waals surface area contributed by atoms with E-state index < -0.39 is 5.97 Å². The van der Waals surface area contributed by atoms with Crippen molar-refractivity contribution in [2.45, 2.75) is 25.3 Å². The molecule has 0 fully saturated rings. The van der Waals surface area contributed by atoms with Crippen molar-refractivity contribution in [2.75, 3.05) is 6.61 Å². The summed E-state index contributed by atoms with van der Waals surface area (Å²) in [6.45, 7) is 0.481. The lowest BCUT2D eigenvalue weighted by atomic mass is 9.95. The molecule has 0 amide bonds. The number of aliphatic carboxylic acids is 1. The second-order valence-electron chi connectivity index (χ2n) is 5.52. The highest BCUT2D eigenvalue weighted by atomic mass is 16.5. The van der Waals surface area contributed by atoms with Gasteiger partial charge in [-0.15, -0.1) is 0 Å². The summed E-state index contributed by atoms with van der Waals surface area (Å²) in [7, 11) is 0. The van der Waals surface area contributed by atoms with Crippen LogP contribution in [0.15, 0.2) is 42.5 Å². The van der Waals surface area contributed by atoms with E-state index in [-0.39, 0.29) is 12.5 Å². The largest absolute Gasteiger partial charge is 0.493 e. The van der Waals surface area contributed by atoms with Gasteiger partial charge in [-0.1, -0.05) is 18.2 Å². The average Bonchev–Trinajstić information content (AvgIpc) is 2.54. The number of hydrogen-bond donors (Lipinski definition) is 2. The summed E-state index contributed by atoms with van der Waals surface area (Å²) in [5.41, 5.74) is 8.21. The maximum Gasteiger partial charge on any atom is 0.303 e. The molecule has 0 spiro atoms. The smallest absolute Gasteiger partial charge is 0.303 e. The molecule has 5 nitrogen and oxygen atoms in total. The van der Waals surface area contributed by atoms with E-state index in [4.69, 9.17) is 20.3 Å². The van der Waals surface area contributed by atoms with Crippen LogP contribution in [0.4, 0.5) is 0 Å². The third kappa shape index (κ3) is 3.46. The maximum atomic E-state index is 10.5. The first-order valence-electron chi connectivity index (χ1n) is 7.66. The molecule has 0 bridgehead atoms. The molecular weight excluding hydrogens is 294 g/mol. The van der Waals surface area contributed by atoms with E-state index in [0.29, 0.717) is 30.9 Å². The number of nitrogens with two attached hydrogens (primary N) is 1. The van der Waals surface area contributed by atoms with Gasteiger partial charge in [0.25, 0.3) is 0 Å². The van der Waals surface area contributed by atoms with E-state index in [0.717, 1.165) is 16.9 Å². The fourth-order valence-electron chi connectivity index (χ4n) is 2.63. The van der Waals surface area contributed by atoms with Crippen LogP contribution in [0.5, 0.6) is 17.2 Å². The Balaban J connectivity index is 1.66. The molecule has 1 heterocycles. The number of carboxylic acid groups (broad SMARTS) is 1. The third-order valence-corrected chi connectivity index (χ3v) is 3.85. The van der Waals surface area contributed by atoms with Crippen molar-refractivity contribution in [2.24, 2.45) is 5.73 Å². The van der Waals surface area contributed by atoms with E-state index >= 15 is 0 Å². The molecule has 1 aliphatic rings. The first-order chi connectivity index (χ1) is 11.1. The Morgan fingerprint density at radius 3 is 2.74 bits per heavy atom. The molecular formula is C18H19NO4. The normalized spacial score (nSPS) is 15.3. The molecule has 0 saturated carbocycles. The number of rotatable bonds is 6. The molecule has 1 aliphatic heterocycles. The summed E-state index contributed by atoms with van der Waals surface area (Å²) in [6, 6.07) is 13.1. The molecule has 1 atom stereocenters. The molecule has 3 N–H and O–H groups in total. The number of para-hydroxylation sites is 1. The highest BCUT2D eigenvalue weighted by Gasteiger charge is 2.24. The molecule has 0 aromatic heterocycles. The highest BCUT2D eigenvalue weighted by Crippen LogP contribution is 2.42. The van der Waals surface area contributed by atoms with Gasteiger partial charge in [0.15, 0.2) is 0 Å². The fraction of sp³-hybridized carbons (Fsp3) is 0.278. The zero-order valence-electron chi connectivity index (χ0n) is 12.7. The van der Waals surface area contributed by atoms with Gasteiger partial charge in [0.1, 0.15) is 17.2 Å². The van der Waals surface area contributed by atoms with Crippen LogP contribution >= 0.6 is 0 Å². The van der Waals surface area contributed by atoms with Gasteiger partial charge < -0.3 is 20.3 Å². The number of ether oxygens (including phenoxy) is 2. The molecule has 23 heavy (non-hydrogen) atoms. The van der Waals surface area contributed by atoms with Crippen LogP contribution in [-0.4, -0.2) is 17.7 Å². The molecule has 5 heteroatoms. The minimum Gasteiger partial charge on any atom is -0.493 e. The fourth-order valence-corrected chi connectivity index (χ4v) is 2.63. The Kier molecular flexibility index (Phi) is 4.48. The van der Waals surface area contributed by atoms with E-state index in [9.17, 15) is 4.79 Å². The van der Waals surface area contributed by atoms with Crippen LogP contribution in [-0.2, 0) is 4.79 Å². The van der Waals surface area contributed by atoms with Crippen LogP contribution in [0.25, 0.3) is 0 Å². The Morgan fingerprint density at radius 2 is 1.91 bits per heavy atom.